The van der Waals surface area contributed by atoms with Gasteiger partial charge in [-0.2, -0.15) is 13.2 Å². The second kappa shape index (κ2) is 6.72. The van der Waals surface area contributed by atoms with Crippen LogP contribution in [0.15, 0.2) is 48.8 Å². The van der Waals surface area contributed by atoms with Gasteiger partial charge in [0.15, 0.2) is 18.9 Å². The molecule has 0 atom stereocenters. The largest absolute Gasteiger partial charge is 1.00 e. The first-order valence-electron chi connectivity index (χ1n) is 6.89. The van der Waals surface area contributed by atoms with Crippen LogP contribution in [0, 0.1) is 0 Å². The van der Waals surface area contributed by atoms with E-state index >= 15 is 0 Å². The SMILES string of the molecule is O=C1c2ccccc2C(=O)N1CC[n+]1ccc(C(F)(F)F)cc1.[Br-]. The number of hydrogen-bond acceptors (Lipinski definition) is 2. The number of fused-ring (bicyclic) bond motifs is 1. The van der Waals surface area contributed by atoms with Crippen LogP contribution in [0.4, 0.5) is 13.2 Å². The number of pyridine rings is 1. The molecule has 4 nitrogen and oxygen atoms in total. The monoisotopic (exact) mass is 400 g/mol. The summed E-state index contributed by atoms with van der Waals surface area (Å²) < 4.78 is 39.0. The lowest BCUT2D eigenvalue weighted by Crippen LogP contribution is -3.00. The van der Waals surface area contributed by atoms with Crippen LogP contribution in [0.5, 0.6) is 0 Å². The Morgan fingerprint density at radius 3 is 1.88 bits per heavy atom. The van der Waals surface area contributed by atoms with Gasteiger partial charge in [-0.15, -0.1) is 0 Å². The molecule has 2 amide bonds. The van der Waals surface area contributed by atoms with Crippen molar-refractivity contribution in [1.82, 2.24) is 4.90 Å². The van der Waals surface area contributed by atoms with Gasteiger partial charge in [-0.3, -0.25) is 14.5 Å². The maximum atomic E-state index is 12.5. The number of halogens is 4. The molecule has 0 saturated carbocycles. The number of rotatable bonds is 3. The van der Waals surface area contributed by atoms with Crippen molar-refractivity contribution in [3.63, 3.8) is 0 Å². The van der Waals surface area contributed by atoms with Gasteiger partial charge in [-0.05, 0) is 12.1 Å². The summed E-state index contributed by atoms with van der Waals surface area (Å²) in [7, 11) is 0. The highest BCUT2D eigenvalue weighted by atomic mass is 79.9. The van der Waals surface area contributed by atoms with E-state index in [-0.39, 0.29) is 41.9 Å². The highest BCUT2D eigenvalue weighted by Crippen LogP contribution is 2.28. The van der Waals surface area contributed by atoms with Gasteiger partial charge in [0.05, 0.1) is 23.2 Å². The summed E-state index contributed by atoms with van der Waals surface area (Å²) in [5.41, 5.74) is -0.0284. The molecule has 0 unspecified atom stereocenters. The average molecular weight is 401 g/mol. The summed E-state index contributed by atoms with van der Waals surface area (Å²) in [6, 6.07) is 8.45. The fourth-order valence-corrected chi connectivity index (χ4v) is 2.45. The molecule has 1 aliphatic rings. The van der Waals surface area contributed by atoms with Crippen LogP contribution < -0.4 is 21.5 Å². The van der Waals surface area contributed by atoms with Crippen molar-refractivity contribution in [2.75, 3.05) is 6.54 Å². The summed E-state index contributed by atoms with van der Waals surface area (Å²) in [5.74, 6) is -0.753. The van der Waals surface area contributed by atoms with Gasteiger partial charge in [0.1, 0.15) is 0 Å². The average Bonchev–Trinajstić information content (AvgIpc) is 2.77. The van der Waals surface area contributed by atoms with Crippen LogP contribution in [-0.4, -0.2) is 23.3 Å². The molecule has 0 aliphatic carbocycles. The lowest BCUT2D eigenvalue weighted by molar-refractivity contribution is -0.696. The molecule has 2 aromatic rings. The van der Waals surface area contributed by atoms with Crippen molar-refractivity contribution in [3.05, 3.63) is 65.5 Å². The summed E-state index contributed by atoms with van der Waals surface area (Å²) in [4.78, 5) is 25.4. The predicted molar refractivity (Wildman–Crippen MR) is 73.4 cm³/mol. The summed E-state index contributed by atoms with van der Waals surface area (Å²) >= 11 is 0. The molecule has 126 valence electrons. The number of hydrogen-bond donors (Lipinski definition) is 0. The van der Waals surface area contributed by atoms with Crippen molar-refractivity contribution < 1.29 is 44.3 Å². The number of aromatic nitrogens is 1. The molecule has 3 rings (SSSR count). The Balaban J connectivity index is 0.00000208. The Hall–Kier alpha value is -2.22. The van der Waals surface area contributed by atoms with E-state index in [1.165, 1.54) is 17.0 Å². The highest BCUT2D eigenvalue weighted by Gasteiger charge is 2.35. The van der Waals surface area contributed by atoms with Crippen LogP contribution in [0.1, 0.15) is 26.3 Å². The van der Waals surface area contributed by atoms with Crippen molar-refractivity contribution in [3.8, 4) is 0 Å². The number of benzene rings is 1. The van der Waals surface area contributed by atoms with Gasteiger partial charge in [0.25, 0.3) is 11.8 Å². The molecule has 2 heterocycles. The van der Waals surface area contributed by atoms with E-state index in [1.54, 1.807) is 24.3 Å². The number of alkyl halides is 3. The smallest absolute Gasteiger partial charge is 0.416 e. The minimum atomic E-state index is -4.39. The number of nitrogens with zero attached hydrogens (tertiary/aromatic N) is 2. The van der Waals surface area contributed by atoms with Gasteiger partial charge in [0.2, 0.25) is 0 Å². The summed E-state index contributed by atoms with van der Waals surface area (Å²) in [6.07, 6.45) is -1.83. The second-order valence-electron chi connectivity index (χ2n) is 5.13. The molecule has 0 saturated heterocycles. The first-order valence-corrected chi connectivity index (χ1v) is 6.89. The third-order valence-corrected chi connectivity index (χ3v) is 3.68. The zero-order valence-electron chi connectivity index (χ0n) is 12.3. The Labute approximate surface area is 146 Å². The molecule has 8 heteroatoms. The van der Waals surface area contributed by atoms with E-state index in [1.807, 2.05) is 0 Å². The van der Waals surface area contributed by atoms with Gasteiger partial charge in [-0.1, -0.05) is 12.1 Å². The van der Waals surface area contributed by atoms with E-state index < -0.39 is 11.7 Å². The van der Waals surface area contributed by atoms with Crippen molar-refractivity contribution in [1.29, 1.82) is 0 Å². The van der Waals surface area contributed by atoms with Crippen molar-refractivity contribution >= 4 is 11.8 Å². The Morgan fingerprint density at radius 1 is 0.917 bits per heavy atom. The Morgan fingerprint density at radius 2 is 1.42 bits per heavy atom. The third-order valence-electron chi connectivity index (χ3n) is 3.68. The number of carbonyl (C=O) groups excluding carboxylic acids is 2. The fraction of sp³-hybridized carbons (Fsp3) is 0.188. The van der Waals surface area contributed by atoms with Crippen LogP contribution in [0.3, 0.4) is 0 Å². The third kappa shape index (κ3) is 3.33. The second-order valence-corrected chi connectivity index (χ2v) is 5.13. The number of carbonyl (C=O) groups is 2. The Kier molecular flexibility index (Phi) is 5.08. The maximum Gasteiger partial charge on any atom is 0.416 e. The van der Waals surface area contributed by atoms with E-state index in [4.69, 9.17) is 0 Å². The lowest BCUT2D eigenvalue weighted by atomic mass is 10.1. The lowest BCUT2D eigenvalue weighted by Gasteiger charge is -2.11. The molecule has 0 N–H and O–H groups in total. The summed E-state index contributed by atoms with van der Waals surface area (Å²) in [5, 5.41) is 0. The Bertz CT molecular complexity index is 741. The van der Waals surface area contributed by atoms with Crippen LogP contribution in [-0.2, 0) is 12.7 Å². The normalized spacial score (nSPS) is 13.7. The quantitative estimate of drug-likeness (QED) is 0.504. The van der Waals surface area contributed by atoms with Gasteiger partial charge in [0, 0.05) is 12.1 Å². The molecular formula is C16H12BrF3N2O2. The standard InChI is InChI=1S/C16H12F3N2O2.BrH/c17-16(18,19)11-5-7-20(8-6-11)9-10-21-14(22)12-3-1-2-4-13(12)15(21)23;/h1-8H,9-10H2;1H/q+1;/p-1. The minimum Gasteiger partial charge on any atom is -1.00 e. The van der Waals surface area contributed by atoms with E-state index in [0.29, 0.717) is 11.1 Å². The van der Waals surface area contributed by atoms with Crippen LogP contribution >= 0.6 is 0 Å². The molecule has 1 aromatic carbocycles. The summed E-state index contributed by atoms with van der Waals surface area (Å²) in [6.45, 7) is 0.325. The van der Waals surface area contributed by atoms with E-state index in [0.717, 1.165) is 17.0 Å². The molecule has 0 bridgehead atoms. The number of imide groups is 1. The van der Waals surface area contributed by atoms with E-state index in [9.17, 15) is 22.8 Å². The molecular weight excluding hydrogens is 389 g/mol. The van der Waals surface area contributed by atoms with Gasteiger partial charge < -0.3 is 17.0 Å². The van der Waals surface area contributed by atoms with Crippen LogP contribution in [0.25, 0.3) is 0 Å². The first kappa shape index (κ1) is 18.1. The number of amides is 2. The molecule has 24 heavy (non-hydrogen) atoms. The molecule has 1 aliphatic heterocycles. The highest BCUT2D eigenvalue weighted by molar-refractivity contribution is 6.21. The van der Waals surface area contributed by atoms with Crippen LogP contribution in [0.2, 0.25) is 0 Å². The first-order chi connectivity index (χ1) is 10.9. The zero-order chi connectivity index (χ0) is 16.6. The molecule has 0 fully saturated rings. The zero-order valence-corrected chi connectivity index (χ0v) is 13.8. The van der Waals surface area contributed by atoms with Gasteiger partial charge in [-0.25, -0.2) is 4.57 Å². The molecule has 1 aromatic heterocycles. The van der Waals surface area contributed by atoms with Gasteiger partial charge >= 0.3 is 6.18 Å². The van der Waals surface area contributed by atoms with Crippen molar-refractivity contribution in [2.45, 2.75) is 12.7 Å². The fourth-order valence-electron chi connectivity index (χ4n) is 2.45. The molecule has 0 radical (unpaired) electrons. The topological polar surface area (TPSA) is 41.3 Å². The maximum absolute atomic E-state index is 12.5. The van der Waals surface area contributed by atoms with E-state index in [2.05, 4.69) is 0 Å². The molecule has 0 spiro atoms. The minimum absolute atomic E-state index is 0. The van der Waals surface area contributed by atoms with Crippen molar-refractivity contribution in [2.24, 2.45) is 0 Å². The predicted octanol–water partition coefficient (Wildman–Crippen LogP) is -0.707.